The Kier molecular flexibility index (Phi) is 3.83. The van der Waals surface area contributed by atoms with E-state index in [1.54, 1.807) is 23.6 Å². The van der Waals surface area contributed by atoms with Gasteiger partial charge in [0, 0.05) is 34.7 Å². The van der Waals surface area contributed by atoms with Crippen LogP contribution in [0.1, 0.15) is 11.3 Å². The van der Waals surface area contributed by atoms with Gasteiger partial charge in [-0.1, -0.05) is 22.9 Å². The zero-order valence-electron chi connectivity index (χ0n) is 8.87. The zero-order valence-corrected chi connectivity index (χ0v) is 10.4. The highest BCUT2D eigenvalue weighted by Gasteiger charge is 2.02. The molecule has 0 aliphatic rings. The molecule has 17 heavy (non-hydrogen) atoms. The lowest BCUT2D eigenvalue weighted by Gasteiger charge is -2.06. The highest BCUT2D eigenvalue weighted by molar-refractivity contribution is 7.07. The van der Waals surface area contributed by atoms with Crippen molar-refractivity contribution in [2.45, 2.75) is 13.1 Å². The Morgan fingerprint density at radius 1 is 1.41 bits per heavy atom. The van der Waals surface area contributed by atoms with Gasteiger partial charge in [-0.2, -0.15) is 0 Å². The number of phenols is 1. The number of benzene rings is 1. The van der Waals surface area contributed by atoms with Crippen molar-refractivity contribution >= 4 is 22.9 Å². The van der Waals surface area contributed by atoms with Crippen LogP contribution in [0.5, 0.6) is 5.75 Å². The van der Waals surface area contributed by atoms with E-state index in [2.05, 4.69) is 10.3 Å². The van der Waals surface area contributed by atoms with Crippen LogP contribution in [0.25, 0.3) is 0 Å². The van der Waals surface area contributed by atoms with Gasteiger partial charge in [0.2, 0.25) is 0 Å². The van der Waals surface area contributed by atoms with E-state index < -0.39 is 0 Å². The summed E-state index contributed by atoms with van der Waals surface area (Å²) in [7, 11) is 0. The van der Waals surface area contributed by atoms with Gasteiger partial charge in [0.25, 0.3) is 0 Å². The third kappa shape index (κ3) is 3.33. The largest absolute Gasteiger partial charge is 0.508 e. The molecule has 2 aromatic rings. The Labute approximate surface area is 107 Å². The number of aromatic nitrogens is 1. The molecule has 90 valence electrons. The molecular formula is C11H11ClN2O2S. The van der Waals surface area contributed by atoms with E-state index in [0.29, 0.717) is 18.1 Å². The third-order valence-corrected chi connectivity index (χ3v) is 3.20. The molecule has 1 heterocycles. The number of halogens is 1. The quantitative estimate of drug-likeness (QED) is 0.797. The average Bonchev–Trinajstić information content (AvgIpc) is 2.69. The maximum Gasteiger partial charge on any atom is 0.304 e. The van der Waals surface area contributed by atoms with Gasteiger partial charge < -0.3 is 15.4 Å². The van der Waals surface area contributed by atoms with Crippen molar-refractivity contribution in [1.82, 2.24) is 10.3 Å². The number of hydrogen-bond donors (Lipinski definition) is 3. The fourth-order valence-corrected chi connectivity index (χ4v) is 2.20. The van der Waals surface area contributed by atoms with Gasteiger partial charge >= 0.3 is 4.87 Å². The summed E-state index contributed by atoms with van der Waals surface area (Å²) in [6.45, 7) is 1.04. The average molecular weight is 271 g/mol. The molecule has 1 aromatic heterocycles. The van der Waals surface area contributed by atoms with Gasteiger partial charge in [-0.05, 0) is 18.2 Å². The maximum atomic E-state index is 10.9. The van der Waals surface area contributed by atoms with Gasteiger partial charge in [-0.3, -0.25) is 4.79 Å². The minimum absolute atomic E-state index is 0.0626. The highest BCUT2D eigenvalue weighted by Crippen LogP contribution is 2.21. The minimum atomic E-state index is -0.0626. The topological polar surface area (TPSA) is 65.1 Å². The number of aromatic amines is 1. The van der Waals surface area contributed by atoms with Crippen molar-refractivity contribution in [3.05, 3.63) is 49.5 Å². The predicted octanol–water partition coefficient (Wildman–Crippen LogP) is 2.09. The molecule has 0 unspecified atom stereocenters. The molecule has 0 saturated heterocycles. The van der Waals surface area contributed by atoms with Crippen molar-refractivity contribution in [3.8, 4) is 5.75 Å². The maximum absolute atomic E-state index is 10.9. The third-order valence-electron chi connectivity index (χ3n) is 2.24. The normalized spacial score (nSPS) is 10.6. The van der Waals surface area contributed by atoms with Crippen LogP contribution in [0.15, 0.2) is 28.4 Å². The second kappa shape index (κ2) is 5.35. The summed E-state index contributed by atoms with van der Waals surface area (Å²) in [5.74, 6) is 0.209. The lowest BCUT2D eigenvalue weighted by Crippen LogP contribution is -2.13. The highest BCUT2D eigenvalue weighted by atomic mass is 35.5. The van der Waals surface area contributed by atoms with E-state index in [9.17, 15) is 9.90 Å². The Morgan fingerprint density at radius 3 is 2.94 bits per heavy atom. The molecule has 4 nitrogen and oxygen atoms in total. The molecule has 2 rings (SSSR count). The second-order valence-electron chi connectivity index (χ2n) is 3.55. The summed E-state index contributed by atoms with van der Waals surface area (Å²) in [4.78, 5) is 13.5. The van der Waals surface area contributed by atoms with Crippen LogP contribution >= 0.6 is 22.9 Å². The van der Waals surface area contributed by atoms with Crippen molar-refractivity contribution in [3.63, 3.8) is 0 Å². The first kappa shape index (κ1) is 12.2. The molecule has 0 bridgehead atoms. The predicted molar refractivity (Wildman–Crippen MR) is 68.6 cm³/mol. The molecular weight excluding hydrogens is 260 g/mol. The summed E-state index contributed by atoms with van der Waals surface area (Å²) in [6, 6.07) is 4.91. The van der Waals surface area contributed by atoms with Gasteiger partial charge in [-0.15, -0.1) is 0 Å². The van der Waals surface area contributed by atoms with Crippen LogP contribution in [0.2, 0.25) is 5.02 Å². The minimum Gasteiger partial charge on any atom is -0.508 e. The fraction of sp³-hybridized carbons (Fsp3) is 0.182. The molecule has 0 atom stereocenters. The summed E-state index contributed by atoms with van der Waals surface area (Å²) < 4.78 is 0. The van der Waals surface area contributed by atoms with E-state index in [1.807, 2.05) is 0 Å². The molecule has 0 saturated carbocycles. The Hall–Kier alpha value is -1.30. The molecule has 3 N–H and O–H groups in total. The molecule has 0 amide bonds. The van der Waals surface area contributed by atoms with E-state index in [1.165, 1.54) is 0 Å². The zero-order chi connectivity index (χ0) is 12.3. The Balaban J connectivity index is 1.94. The van der Waals surface area contributed by atoms with Crippen LogP contribution in [-0.4, -0.2) is 10.1 Å². The SMILES string of the molecule is O=c1[nH]c(CNCc2cc(Cl)ccc2O)cs1. The number of rotatable bonds is 4. The number of thiazole rings is 1. The van der Waals surface area contributed by atoms with Gasteiger partial charge in [-0.25, -0.2) is 0 Å². The summed E-state index contributed by atoms with van der Waals surface area (Å²) >= 11 is 6.97. The fourth-order valence-electron chi connectivity index (χ4n) is 1.43. The van der Waals surface area contributed by atoms with Crippen LogP contribution in [0.4, 0.5) is 0 Å². The van der Waals surface area contributed by atoms with Crippen LogP contribution in [0, 0.1) is 0 Å². The smallest absolute Gasteiger partial charge is 0.304 e. The van der Waals surface area contributed by atoms with E-state index in [4.69, 9.17) is 11.6 Å². The molecule has 0 aliphatic heterocycles. The van der Waals surface area contributed by atoms with Crippen molar-refractivity contribution in [2.75, 3.05) is 0 Å². The lowest BCUT2D eigenvalue weighted by molar-refractivity contribution is 0.464. The van der Waals surface area contributed by atoms with Crippen LogP contribution in [0.3, 0.4) is 0 Å². The standard InChI is InChI=1S/C11H11ClN2O2S/c12-8-1-2-10(15)7(3-8)4-13-5-9-6-17-11(16)14-9/h1-3,6,13,15H,4-5H2,(H,14,16). The first-order valence-electron chi connectivity index (χ1n) is 5.00. The van der Waals surface area contributed by atoms with Crippen molar-refractivity contribution in [1.29, 1.82) is 0 Å². The van der Waals surface area contributed by atoms with Crippen LogP contribution in [-0.2, 0) is 13.1 Å². The first-order valence-corrected chi connectivity index (χ1v) is 6.26. The molecule has 0 spiro atoms. The monoisotopic (exact) mass is 270 g/mol. The van der Waals surface area contributed by atoms with Gasteiger partial charge in [0.1, 0.15) is 5.75 Å². The number of aromatic hydroxyl groups is 1. The second-order valence-corrected chi connectivity index (χ2v) is 4.83. The molecule has 0 fully saturated rings. The molecule has 0 radical (unpaired) electrons. The van der Waals surface area contributed by atoms with Crippen molar-refractivity contribution < 1.29 is 5.11 Å². The number of H-pyrrole nitrogens is 1. The number of phenolic OH excluding ortho intramolecular Hbond substituents is 1. The summed E-state index contributed by atoms with van der Waals surface area (Å²) in [5, 5.41) is 15.1. The Bertz CT molecular complexity index is 565. The first-order chi connectivity index (χ1) is 8.15. The van der Waals surface area contributed by atoms with Crippen molar-refractivity contribution in [2.24, 2.45) is 0 Å². The summed E-state index contributed by atoms with van der Waals surface area (Å²) in [5.41, 5.74) is 1.57. The van der Waals surface area contributed by atoms with Gasteiger partial charge in [0.05, 0.1) is 0 Å². The van der Waals surface area contributed by atoms with E-state index in [-0.39, 0.29) is 10.6 Å². The lowest BCUT2D eigenvalue weighted by atomic mass is 10.2. The summed E-state index contributed by atoms with van der Waals surface area (Å²) in [6.07, 6.45) is 0. The molecule has 1 aromatic carbocycles. The van der Waals surface area contributed by atoms with Gasteiger partial charge in [0.15, 0.2) is 0 Å². The van der Waals surface area contributed by atoms with Crippen LogP contribution < -0.4 is 10.2 Å². The van der Waals surface area contributed by atoms with E-state index >= 15 is 0 Å². The number of nitrogens with one attached hydrogen (secondary N) is 2. The Morgan fingerprint density at radius 2 is 2.24 bits per heavy atom. The van der Waals surface area contributed by atoms with E-state index in [0.717, 1.165) is 22.6 Å². The molecule has 0 aliphatic carbocycles. The molecule has 6 heteroatoms. The number of hydrogen-bond acceptors (Lipinski definition) is 4.